The van der Waals surface area contributed by atoms with Crippen LogP contribution in [0.2, 0.25) is 0 Å². The number of rotatable bonds is 5. The predicted octanol–water partition coefficient (Wildman–Crippen LogP) is 2.76. The minimum absolute atomic E-state index is 0.134. The fourth-order valence-electron chi connectivity index (χ4n) is 2.02. The summed E-state index contributed by atoms with van der Waals surface area (Å²) in [6.07, 6.45) is 1.46. The van der Waals surface area contributed by atoms with E-state index in [0.29, 0.717) is 13.0 Å². The van der Waals surface area contributed by atoms with Crippen LogP contribution in [0.4, 0.5) is 5.69 Å². The van der Waals surface area contributed by atoms with Gasteiger partial charge in [0.15, 0.2) is 0 Å². The summed E-state index contributed by atoms with van der Waals surface area (Å²) in [5.74, 6) is 0. The van der Waals surface area contributed by atoms with Gasteiger partial charge in [0.05, 0.1) is 15.6 Å². The molecule has 0 radical (unpaired) electrons. The third-order valence-corrected chi connectivity index (χ3v) is 4.41. The minimum Gasteiger partial charge on any atom is -0.330 e. The average Bonchev–Trinajstić information content (AvgIpc) is 2.72. The van der Waals surface area contributed by atoms with Gasteiger partial charge in [0.1, 0.15) is 0 Å². The van der Waals surface area contributed by atoms with Crippen molar-refractivity contribution in [2.45, 2.75) is 26.7 Å². The lowest BCUT2D eigenvalue weighted by molar-refractivity contribution is -0.384. The number of thiazole rings is 1. The molecule has 0 unspecified atom stereocenters. The number of nitrogens with zero attached hydrogens (tertiary/aromatic N) is 2. The highest BCUT2D eigenvalue weighted by Crippen LogP contribution is 2.25. The maximum atomic E-state index is 10.9. The van der Waals surface area contributed by atoms with E-state index in [1.54, 1.807) is 23.5 Å². The van der Waals surface area contributed by atoms with Crippen molar-refractivity contribution in [3.8, 4) is 0 Å². The highest BCUT2D eigenvalue weighted by atomic mass is 32.1. The topological polar surface area (TPSA) is 82.0 Å². The molecule has 0 saturated carbocycles. The molecule has 20 heavy (non-hydrogen) atoms. The number of aromatic nitrogens is 1. The van der Waals surface area contributed by atoms with Gasteiger partial charge in [-0.25, -0.2) is 4.98 Å². The predicted molar refractivity (Wildman–Crippen MR) is 80.2 cm³/mol. The monoisotopic (exact) mass is 291 g/mol. The van der Waals surface area contributed by atoms with E-state index in [4.69, 9.17) is 5.73 Å². The largest absolute Gasteiger partial charge is 0.330 e. The van der Waals surface area contributed by atoms with E-state index >= 15 is 0 Å². The molecule has 6 heteroatoms. The molecule has 5 nitrogen and oxygen atoms in total. The van der Waals surface area contributed by atoms with Crippen LogP contribution in [0.5, 0.6) is 0 Å². The Morgan fingerprint density at radius 1 is 1.40 bits per heavy atom. The van der Waals surface area contributed by atoms with Crippen LogP contribution in [0.3, 0.4) is 0 Å². The Labute approximate surface area is 121 Å². The van der Waals surface area contributed by atoms with E-state index in [1.165, 1.54) is 6.07 Å². The van der Waals surface area contributed by atoms with Gasteiger partial charge >= 0.3 is 0 Å². The van der Waals surface area contributed by atoms with Crippen LogP contribution >= 0.6 is 11.3 Å². The summed E-state index contributed by atoms with van der Waals surface area (Å²) < 4.78 is 0. The number of nitro groups is 1. The second-order valence-corrected chi connectivity index (χ2v) is 5.87. The van der Waals surface area contributed by atoms with Crippen molar-refractivity contribution in [1.82, 2.24) is 4.98 Å². The van der Waals surface area contributed by atoms with Crippen molar-refractivity contribution in [2.75, 3.05) is 6.54 Å². The Balaban J connectivity index is 2.29. The first kappa shape index (κ1) is 14.6. The average molecular weight is 291 g/mol. The van der Waals surface area contributed by atoms with Crippen LogP contribution in [0.25, 0.3) is 0 Å². The van der Waals surface area contributed by atoms with Crippen LogP contribution in [0, 0.1) is 24.0 Å². The third-order valence-electron chi connectivity index (χ3n) is 3.19. The molecule has 0 atom stereocenters. The Morgan fingerprint density at radius 2 is 2.15 bits per heavy atom. The molecule has 2 N–H and O–H groups in total. The fraction of sp³-hybridized carbons (Fsp3) is 0.357. The fourth-order valence-corrected chi connectivity index (χ4v) is 3.13. The molecule has 1 heterocycles. The first-order valence-corrected chi connectivity index (χ1v) is 7.22. The zero-order valence-corrected chi connectivity index (χ0v) is 12.4. The highest BCUT2D eigenvalue weighted by molar-refractivity contribution is 7.11. The van der Waals surface area contributed by atoms with Crippen molar-refractivity contribution in [3.63, 3.8) is 0 Å². The van der Waals surface area contributed by atoms with Gasteiger partial charge < -0.3 is 5.73 Å². The summed E-state index contributed by atoms with van der Waals surface area (Å²) >= 11 is 1.64. The number of non-ortho nitro benzene ring substituents is 1. The Bertz CT molecular complexity index is 637. The second kappa shape index (κ2) is 6.11. The summed E-state index contributed by atoms with van der Waals surface area (Å²) in [6.45, 7) is 4.52. The standard InChI is InChI=1S/C14H17N3O2S/c1-9-3-4-12(17(18)19)7-11(9)8-13-10(2)16-14(20-13)5-6-15/h3-4,7H,5-6,8,15H2,1-2H3. The van der Waals surface area contributed by atoms with E-state index in [-0.39, 0.29) is 10.6 Å². The summed E-state index contributed by atoms with van der Waals surface area (Å²) in [4.78, 5) is 16.1. The van der Waals surface area contributed by atoms with Crippen LogP contribution in [-0.4, -0.2) is 16.5 Å². The molecule has 2 aromatic rings. The van der Waals surface area contributed by atoms with Gasteiger partial charge in [0.2, 0.25) is 0 Å². The van der Waals surface area contributed by atoms with Crippen molar-refractivity contribution >= 4 is 17.0 Å². The van der Waals surface area contributed by atoms with Gasteiger partial charge in [-0.3, -0.25) is 10.1 Å². The summed E-state index contributed by atoms with van der Waals surface area (Å²) in [5.41, 5.74) is 8.70. The van der Waals surface area contributed by atoms with E-state index < -0.39 is 0 Å². The molecule has 2 rings (SSSR count). The van der Waals surface area contributed by atoms with Crippen molar-refractivity contribution in [1.29, 1.82) is 0 Å². The van der Waals surface area contributed by atoms with Crippen molar-refractivity contribution < 1.29 is 4.92 Å². The maximum absolute atomic E-state index is 10.9. The maximum Gasteiger partial charge on any atom is 0.269 e. The van der Waals surface area contributed by atoms with Crippen molar-refractivity contribution in [2.24, 2.45) is 5.73 Å². The SMILES string of the molecule is Cc1ccc([N+](=O)[O-])cc1Cc1sc(CCN)nc1C. The molecule has 0 spiro atoms. The van der Waals surface area contributed by atoms with Gasteiger partial charge in [-0.1, -0.05) is 6.07 Å². The Kier molecular flexibility index (Phi) is 4.46. The first-order chi connectivity index (χ1) is 9.51. The number of aryl methyl sites for hydroxylation is 2. The van der Waals surface area contributed by atoms with E-state index in [2.05, 4.69) is 4.98 Å². The second-order valence-electron chi connectivity index (χ2n) is 4.70. The number of benzene rings is 1. The molecular formula is C14H17N3O2S. The molecule has 0 fully saturated rings. The normalized spacial score (nSPS) is 10.8. The molecule has 1 aromatic heterocycles. The molecule has 0 amide bonds. The Hall–Kier alpha value is -1.79. The number of nitro benzene ring substituents is 1. The molecule has 0 aliphatic carbocycles. The van der Waals surface area contributed by atoms with Gasteiger partial charge in [-0.05, 0) is 31.5 Å². The van der Waals surface area contributed by atoms with Crippen molar-refractivity contribution in [3.05, 3.63) is 55.0 Å². The molecule has 0 aliphatic heterocycles. The Morgan fingerprint density at radius 3 is 2.80 bits per heavy atom. The summed E-state index contributed by atoms with van der Waals surface area (Å²) in [6, 6.07) is 4.99. The van der Waals surface area contributed by atoms with Crippen LogP contribution in [-0.2, 0) is 12.8 Å². The summed E-state index contributed by atoms with van der Waals surface area (Å²) in [7, 11) is 0. The molecule has 0 saturated heterocycles. The lowest BCUT2D eigenvalue weighted by Gasteiger charge is -2.04. The van der Waals surface area contributed by atoms with Gasteiger partial charge in [0, 0.05) is 29.9 Å². The lowest BCUT2D eigenvalue weighted by Crippen LogP contribution is -2.01. The molecule has 1 aromatic carbocycles. The lowest BCUT2D eigenvalue weighted by atomic mass is 10.0. The highest BCUT2D eigenvalue weighted by Gasteiger charge is 2.13. The number of nitrogens with two attached hydrogens (primary N) is 1. The molecule has 0 aliphatic rings. The summed E-state index contributed by atoms with van der Waals surface area (Å²) in [5, 5.41) is 11.9. The minimum atomic E-state index is -0.359. The third kappa shape index (κ3) is 3.20. The first-order valence-electron chi connectivity index (χ1n) is 6.40. The van der Waals surface area contributed by atoms with Gasteiger partial charge in [-0.2, -0.15) is 0 Å². The number of hydrogen-bond acceptors (Lipinski definition) is 5. The quantitative estimate of drug-likeness (QED) is 0.678. The van der Waals surface area contributed by atoms with Crippen LogP contribution < -0.4 is 5.73 Å². The zero-order chi connectivity index (χ0) is 14.7. The van der Waals surface area contributed by atoms with Crippen LogP contribution in [0.1, 0.15) is 26.7 Å². The van der Waals surface area contributed by atoms with Crippen LogP contribution in [0.15, 0.2) is 18.2 Å². The van der Waals surface area contributed by atoms with E-state index in [9.17, 15) is 10.1 Å². The van der Waals surface area contributed by atoms with Gasteiger partial charge in [-0.15, -0.1) is 11.3 Å². The van der Waals surface area contributed by atoms with E-state index in [0.717, 1.165) is 33.1 Å². The molecule has 0 bridgehead atoms. The molecular weight excluding hydrogens is 274 g/mol. The van der Waals surface area contributed by atoms with Gasteiger partial charge in [0.25, 0.3) is 5.69 Å². The number of hydrogen-bond donors (Lipinski definition) is 1. The smallest absolute Gasteiger partial charge is 0.269 e. The zero-order valence-electron chi connectivity index (χ0n) is 11.5. The van der Waals surface area contributed by atoms with E-state index in [1.807, 2.05) is 13.8 Å². The molecule has 106 valence electrons.